The summed E-state index contributed by atoms with van der Waals surface area (Å²) in [6, 6.07) is 9.44. The average Bonchev–Trinajstić information content (AvgIpc) is 2.50. The molecule has 0 fully saturated rings. The van der Waals surface area contributed by atoms with E-state index in [1.165, 1.54) is 0 Å². The van der Waals surface area contributed by atoms with Crippen molar-refractivity contribution in [2.45, 2.75) is 64.9 Å². The fourth-order valence-electron chi connectivity index (χ4n) is 2.52. The van der Waals surface area contributed by atoms with Crippen LogP contribution in [0.4, 0.5) is 0 Å². The molecule has 0 amide bonds. The largest absolute Gasteiger partial charge is 0.466 e. The molecule has 0 aromatic heterocycles. The zero-order valence-electron chi connectivity index (χ0n) is 14.2. The van der Waals surface area contributed by atoms with Crippen LogP contribution in [0.2, 0.25) is 0 Å². The van der Waals surface area contributed by atoms with Gasteiger partial charge in [0.15, 0.2) is 0 Å². The quantitative estimate of drug-likeness (QED) is 0.513. The maximum Gasteiger partial charge on any atom is 0.309 e. The number of aliphatic hydroxyl groups is 1. The molecule has 1 aromatic rings. The molecule has 0 heterocycles. The zero-order chi connectivity index (χ0) is 16.4. The Hall–Kier alpha value is -1.35. The number of hydrogen-bond acceptors (Lipinski definition) is 3. The van der Waals surface area contributed by atoms with Crippen LogP contribution < -0.4 is 0 Å². The van der Waals surface area contributed by atoms with Crippen molar-refractivity contribution in [3.63, 3.8) is 0 Å². The molecule has 0 saturated carbocycles. The minimum Gasteiger partial charge on any atom is -0.466 e. The van der Waals surface area contributed by atoms with Crippen molar-refractivity contribution in [1.82, 2.24) is 0 Å². The first-order valence-electron chi connectivity index (χ1n) is 8.41. The number of ether oxygens (including phenoxy) is 1. The summed E-state index contributed by atoms with van der Waals surface area (Å²) < 4.78 is 5.29. The van der Waals surface area contributed by atoms with Crippen LogP contribution >= 0.6 is 0 Å². The van der Waals surface area contributed by atoms with Gasteiger partial charge in [-0.1, -0.05) is 63.9 Å². The highest BCUT2D eigenvalue weighted by Crippen LogP contribution is 2.31. The van der Waals surface area contributed by atoms with E-state index in [2.05, 4.69) is 20.8 Å². The van der Waals surface area contributed by atoms with Gasteiger partial charge in [0.25, 0.3) is 0 Å². The molecule has 1 atom stereocenters. The van der Waals surface area contributed by atoms with Gasteiger partial charge in [-0.05, 0) is 30.7 Å². The van der Waals surface area contributed by atoms with E-state index in [1.807, 2.05) is 30.3 Å². The maximum atomic E-state index is 12.1. The van der Waals surface area contributed by atoms with Gasteiger partial charge >= 0.3 is 5.97 Å². The lowest BCUT2D eigenvalue weighted by Gasteiger charge is -2.28. The second-order valence-corrected chi connectivity index (χ2v) is 6.43. The van der Waals surface area contributed by atoms with Crippen LogP contribution in [-0.2, 0) is 15.1 Å². The minimum absolute atomic E-state index is 0.0265. The van der Waals surface area contributed by atoms with Crippen LogP contribution in [0.1, 0.15) is 64.9 Å². The van der Waals surface area contributed by atoms with Crippen molar-refractivity contribution in [2.24, 2.45) is 5.92 Å². The topological polar surface area (TPSA) is 46.5 Å². The smallest absolute Gasteiger partial charge is 0.309 e. The first-order chi connectivity index (χ1) is 10.5. The Morgan fingerprint density at radius 3 is 2.50 bits per heavy atom. The summed E-state index contributed by atoms with van der Waals surface area (Å²) in [5.41, 5.74) is -0.325. The molecule has 0 saturated heterocycles. The lowest BCUT2D eigenvalue weighted by molar-refractivity contribution is -0.150. The number of carbonyl (C=O) groups is 1. The SMILES string of the molecule is CCCCC(O)(CC(=O)OCCCC(C)C)c1ccccc1. The van der Waals surface area contributed by atoms with Crippen molar-refractivity contribution in [2.75, 3.05) is 6.61 Å². The number of benzene rings is 1. The highest BCUT2D eigenvalue weighted by atomic mass is 16.5. The molecule has 1 rings (SSSR count). The Bertz CT molecular complexity index is 428. The second kappa shape index (κ2) is 9.62. The lowest BCUT2D eigenvalue weighted by Crippen LogP contribution is -2.30. The van der Waals surface area contributed by atoms with Crippen LogP contribution in [0.25, 0.3) is 0 Å². The Morgan fingerprint density at radius 1 is 1.23 bits per heavy atom. The van der Waals surface area contributed by atoms with E-state index < -0.39 is 5.60 Å². The summed E-state index contributed by atoms with van der Waals surface area (Å²) in [7, 11) is 0. The van der Waals surface area contributed by atoms with Crippen molar-refractivity contribution < 1.29 is 14.6 Å². The zero-order valence-corrected chi connectivity index (χ0v) is 14.2. The molecule has 0 aliphatic heterocycles. The van der Waals surface area contributed by atoms with Gasteiger partial charge in [0.1, 0.15) is 5.60 Å². The average molecular weight is 306 g/mol. The molecular weight excluding hydrogens is 276 g/mol. The van der Waals surface area contributed by atoms with Crippen molar-refractivity contribution >= 4 is 5.97 Å². The Labute approximate surface area is 134 Å². The standard InChI is InChI=1S/C19H30O3/c1-4-5-13-19(21,17-11-7-6-8-12-17)15-18(20)22-14-9-10-16(2)3/h6-8,11-12,16,21H,4-5,9-10,13-15H2,1-3H3. The molecule has 1 N–H and O–H groups in total. The molecule has 3 heteroatoms. The summed E-state index contributed by atoms with van der Waals surface area (Å²) in [6.07, 6.45) is 4.39. The lowest BCUT2D eigenvalue weighted by atomic mass is 9.85. The van der Waals surface area contributed by atoms with Gasteiger partial charge in [0, 0.05) is 0 Å². The number of unbranched alkanes of at least 4 members (excludes halogenated alkanes) is 1. The first-order valence-corrected chi connectivity index (χ1v) is 8.41. The third-order valence-corrected chi connectivity index (χ3v) is 3.88. The van der Waals surface area contributed by atoms with Gasteiger partial charge in [-0.25, -0.2) is 0 Å². The molecule has 1 aromatic carbocycles. The van der Waals surface area contributed by atoms with Gasteiger partial charge in [-0.2, -0.15) is 0 Å². The number of hydrogen-bond donors (Lipinski definition) is 1. The predicted octanol–water partition coefficient (Wildman–Crippen LogP) is 4.43. The Kier molecular flexibility index (Phi) is 8.18. The fraction of sp³-hybridized carbons (Fsp3) is 0.632. The van der Waals surface area contributed by atoms with Gasteiger partial charge in [-0.3, -0.25) is 4.79 Å². The van der Waals surface area contributed by atoms with E-state index in [0.29, 0.717) is 18.9 Å². The summed E-state index contributed by atoms with van der Waals surface area (Å²) in [5.74, 6) is 0.302. The summed E-state index contributed by atoms with van der Waals surface area (Å²) in [6.45, 7) is 6.83. The van der Waals surface area contributed by atoms with Crippen molar-refractivity contribution in [1.29, 1.82) is 0 Å². The number of carbonyl (C=O) groups excluding carboxylic acids is 1. The van der Waals surface area contributed by atoms with Gasteiger partial charge in [-0.15, -0.1) is 0 Å². The van der Waals surface area contributed by atoms with Gasteiger partial charge in [0.05, 0.1) is 13.0 Å². The van der Waals surface area contributed by atoms with E-state index >= 15 is 0 Å². The second-order valence-electron chi connectivity index (χ2n) is 6.43. The highest BCUT2D eigenvalue weighted by Gasteiger charge is 2.32. The summed E-state index contributed by atoms with van der Waals surface area (Å²) in [4.78, 5) is 12.1. The molecule has 22 heavy (non-hydrogen) atoms. The normalized spacial score (nSPS) is 13.9. The van der Waals surface area contributed by atoms with E-state index in [4.69, 9.17) is 4.74 Å². The number of esters is 1. The summed E-state index contributed by atoms with van der Waals surface area (Å²) in [5, 5.41) is 10.9. The third kappa shape index (κ3) is 6.61. The van der Waals surface area contributed by atoms with Crippen LogP contribution in [0.5, 0.6) is 0 Å². The molecular formula is C19H30O3. The van der Waals surface area contributed by atoms with E-state index in [0.717, 1.165) is 31.2 Å². The van der Waals surface area contributed by atoms with Crippen molar-refractivity contribution in [3.8, 4) is 0 Å². The maximum absolute atomic E-state index is 12.1. The molecule has 0 aliphatic rings. The van der Waals surface area contributed by atoms with Crippen LogP contribution in [0.3, 0.4) is 0 Å². The Morgan fingerprint density at radius 2 is 1.91 bits per heavy atom. The molecule has 3 nitrogen and oxygen atoms in total. The number of rotatable bonds is 10. The van der Waals surface area contributed by atoms with Crippen LogP contribution in [0, 0.1) is 5.92 Å². The van der Waals surface area contributed by atoms with Crippen molar-refractivity contribution in [3.05, 3.63) is 35.9 Å². The highest BCUT2D eigenvalue weighted by molar-refractivity contribution is 5.71. The molecule has 0 bridgehead atoms. The van der Waals surface area contributed by atoms with Gasteiger partial charge < -0.3 is 9.84 Å². The third-order valence-electron chi connectivity index (χ3n) is 3.88. The Balaban J connectivity index is 2.59. The molecule has 124 valence electrons. The van der Waals surface area contributed by atoms with E-state index in [-0.39, 0.29) is 12.4 Å². The monoisotopic (exact) mass is 306 g/mol. The first kappa shape index (κ1) is 18.7. The molecule has 0 radical (unpaired) electrons. The minimum atomic E-state index is -1.12. The predicted molar refractivity (Wildman–Crippen MR) is 89.5 cm³/mol. The molecule has 0 spiro atoms. The van der Waals surface area contributed by atoms with E-state index in [9.17, 15) is 9.90 Å². The molecule has 0 aliphatic carbocycles. The molecule has 1 unspecified atom stereocenters. The van der Waals surface area contributed by atoms with Gasteiger partial charge in [0.2, 0.25) is 0 Å². The van der Waals surface area contributed by atoms with Crippen LogP contribution in [-0.4, -0.2) is 17.7 Å². The summed E-state index contributed by atoms with van der Waals surface area (Å²) >= 11 is 0. The fourth-order valence-corrected chi connectivity index (χ4v) is 2.52. The van der Waals surface area contributed by atoms with Crippen LogP contribution in [0.15, 0.2) is 30.3 Å². The van der Waals surface area contributed by atoms with E-state index in [1.54, 1.807) is 0 Å².